The number of carbonyl (C=O) groups excluding carboxylic acids is 1. The standard InChI is InChI=1S/C17H17Cl3N4O/c18-5-8-24(9-6-19)15-4-3-13(16(20)10-15)12-22-23-17(25)14-2-1-7-21-11-14/h1-4,7,10-12H,5-6,8-9H2,(H,23,25)/b22-12+. The fourth-order valence-electron chi connectivity index (χ4n) is 2.11. The Morgan fingerprint density at radius 1 is 1.24 bits per heavy atom. The summed E-state index contributed by atoms with van der Waals surface area (Å²) >= 11 is 17.9. The molecule has 0 saturated carbocycles. The first-order chi connectivity index (χ1) is 12.2. The molecule has 0 atom stereocenters. The molecule has 1 aromatic heterocycles. The van der Waals surface area contributed by atoms with Gasteiger partial charge in [0.25, 0.3) is 5.91 Å². The summed E-state index contributed by atoms with van der Waals surface area (Å²) in [6, 6.07) is 8.90. The molecule has 0 saturated heterocycles. The lowest BCUT2D eigenvalue weighted by molar-refractivity contribution is 0.0955. The number of rotatable bonds is 8. The minimum atomic E-state index is -0.340. The van der Waals surface area contributed by atoms with Crippen LogP contribution < -0.4 is 10.3 Å². The molecule has 2 rings (SSSR count). The third kappa shape index (κ3) is 5.88. The minimum absolute atomic E-state index is 0.340. The van der Waals surface area contributed by atoms with E-state index in [4.69, 9.17) is 34.8 Å². The summed E-state index contributed by atoms with van der Waals surface area (Å²) in [5, 5.41) is 4.45. The molecular weight excluding hydrogens is 383 g/mol. The SMILES string of the molecule is O=C(N/N=C/c1ccc(N(CCCl)CCCl)cc1Cl)c1cccnc1. The van der Waals surface area contributed by atoms with E-state index in [2.05, 4.69) is 20.4 Å². The van der Waals surface area contributed by atoms with Crippen molar-refractivity contribution in [1.82, 2.24) is 10.4 Å². The Morgan fingerprint density at radius 3 is 2.60 bits per heavy atom. The van der Waals surface area contributed by atoms with Gasteiger partial charge in [-0.25, -0.2) is 5.43 Å². The molecule has 0 aliphatic heterocycles. The van der Waals surface area contributed by atoms with Crippen LogP contribution >= 0.6 is 34.8 Å². The first-order valence-corrected chi connectivity index (χ1v) is 9.00. The van der Waals surface area contributed by atoms with Gasteiger partial charge in [-0.2, -0.15) is 5.10 Å². The van der Waals surface area contributed by atoms with Gasteiger partial charge in [0.1, 0.15) is 0 Å². The molecule has 8 heteroatoms. The van der Waals surface area contributed by atoms with Crippen LogP contribution in [0.5, 0.6) is 0 Å². The van der Waals surface area contributed by atoms with Crippen LogP contribution in [-0.2, 0) is 0 Å². The number of carbonyl (C=O) groups is 1. The Hall–Kier alpha value is -1.82. The molecule has 0 unspecified atom stereocenters. The maximum Gasteiger partial charge on any atom is 0.272 e. The van der Waals surface area contributed by atoms with E-state index in [9.17, 15) is 4.79 Å². The lowest BCUT2D eigenvalue weighted by atomic mass is 10.2. The van der Waals surface area contributed by atoms with Gasteiger partial charge >= 0.3 is 0 Å². The molecule has 5 nitrogen and oxygen atoms in total. The van der Waals surface area contributed by atoms with Crippen molar-refractivity contribution in [2.75, 3.05) is 29.7 Å². The lowest BCUT2D eigenvalue weighted by Gasteiger charge is -2.23. The number of hydrogen-bond donors (Lipinski definition) is 1. The number of pyridine rings is 1. The van der Waals surface area contributed by atoms with Crippen molar-refractivity contribution in [1.29, 1.82) is 0 Å². The van der Waals surface area contributed by atoms with Crippen LogP contribution in [0.4, 0.5) is 5.69 Å². The van der Waals surface area contributed by atoms with Crippen LogP contribution in [0, 0.1) is 0 Å². The smallest absolute Gasteiger partial charge is 0.272 e. The zero-order valence-corrected chi connectivity index (χ0v) is 15.6. The van der Waals surface area contributed by atoms with Gasteiger partial charge in [-0.1, -0.05) is 11.6 Å². The number of benzene rings is 1. The molecule has 1 N–H and O–H groups in total. The van der Waals surface area contributed by atoms with E-state index >= 15 is 0 Å². The van der Waals surface area contributed by atoms with Crippen molar-refractivity contribution in [3.8, 4) is 0 Å². The maximum atomic E-state index is 11.9. The molecule has 132 valence electrons. The average Bonchev–Trinajstić information content (AvgIpc) is 2.63. The lowest BCUT2D eigenvalue weighted by Crippen LogP contribution is -2.27. The van der Waals surface area contributed by atoms with E-state index in [0.717, 1.165) is 5.69 Å². The number of aromatic nitrogens is 1. The second kappa shape index (κ2) is 10.2. The summed E-state index contributed by atoms with van der Waals surface area (Å²) in [5.41, 5.74) is 4.49. The van der Waals surface area contributed by atoms with Gasteiger partial charge in [0, 0.05) is 48.5 Å². The predicted molar refractivity (Wildman–Crippen MR) is 104 cm³/mol. The van der Waals surface area contributed by atoms with E-state index in [-0.39, 0.29) is 5.91 Å². The number of halogens is 3. The third-order valence-corrected chi connectivity index (χ3v) is 4.02. The third-order valence-electron chi connectivity index (χ3n) is 3.35. The zero-order valence-electron chi connectivity index (χ0n) is 13.3. The van der Waals surface area contributed by atoms with Crippen molar-refractivity contribution in [3.63, 3.8) is 0 Å². The highest BCUT2D eigenvalue weighted by Crippen LogP contribution is 2.23. The fourth-order valence-corrected chi connectivity index (χ4v) is 2.75. The van der Waals surface area contributed by atoms with Crippen molar-refractivity contribution in [2.24, 2.45) is 5.10 Å². The monoisotopic (exact) mass is 398 g/mol. The van der Waals surface area contributed by atoms with Gasteiger partial charge in [0.2, 0.25) is 0 Å². The van der Waals surface area contributed by atoms with Gasteiger partial charge in [-0.3, -0.25) is 9.78 Å². The molecular formula is C17H17Cl3N4O. The van der Waals surface area contributed by atoms with E-state index in [1.807, 2.05) is 18.2 Å². The van der Waals surface area contributed by atoms with Gasteiger partial charge in [-0.15, -0.1) is 23.2 Å². The van der Waals surface area contributed by atoms with Crippen LogP contribution in [0.2, 0.25) is 5.02 Å². The Labute approximate surface area is 161 Å². The topological polar surface area (TPSA) is 57.6 Å². The molecule has 1 aromatic carbocycles. The van der Waals surface area contributed by atoms with Crippen LogP contribution in [0.15, 0.2) is 47.8 Å². The molecule has 0 fully saturated rings. The number of nitrogens with one attached hydrogen (secondary N) is 1. The number of alkyl halides is 2. The molecule has 0 bridgehead atoms. The molecule has 25 heavy (non-hydrogen) atoms. The van der Waals surface area contributed by atoms with E-state index < -0.39 is 0 Å². The normalized spacial score (nSPS) is 10.8. The van der Waals surface area contributed by atoms with Gasteiger partial charge < -0.3 is 4.90 Å². The Bertz CT molecular complexity index is 719. The van der Waals surface area contributed by atoms with Crippen LogP contribution in [0.1, 0.15) is 15.9 Å². The number of hydrogen-bond acceptors (Lipinski definition) is 4. The van der Waals surface area contributed by atoms with Gasteiger partial charge in [-0.05, 0) is 30.3 Å². The molecule has 0 radical (unpaired) electrons. The first-order valence-electron chi connectivity index (χ1n) is 7.55. The highest BCUT2D eigenvalue weighted by molar-refractivity contribution is 6.33. The largest absolute Gasteiger partial charge is 0.369 e. The van der Waals surface area contributed by atoms with E-state index in [1.165, 1.54) is 12.4 Å². The summed E-state index contributed by atoms with van der Waals surface area (Å²) in [6.07, 6.45) is 4.56. The quantitative estimate of drug-likeness (QED) is 0.417. The molecule has 1 heterocycles. The molecule has 0 spiro atoms. The highest BCUT2D eigenvalue weighted by atomic mass is 35.5. The Kier molecular flexibility index (Phi) is 7.98. The Balaban J connectivity index is 2.04. The van der Waals surface area contributed by atoms with Crippen molar-refractivity contribution in [3.05, 3.63) is 58.9 Å². The summed E-state index contributed by atoms with van der Waals surface area (Å²) in [7, 11) is 0. The molecule has 1 amide bonds. The number of anilines is 1. The van der Waals surface area contributed by atoms with Gasteiger partial charge in [0.15, 0.2) is 0 Å². The predicted octanol–water partition coefficient (Wildman–Crippen LogP) is 3.78. The molecule has 2 aromatic rings. The molecule has 0 aliphatic rings. The van der Waals surface area contributed by atoms with Gasteiger partial charge in [0.05, 0.1) is 16.8 Å². The van der Waals surface area contributed by atoms with Crippen molar-refractivity contribution >= 4 is 52.6 Å². The van der Waals surface area contributed by atoms with Crippen LogP contribution in [-0.4, -0.2) is 42.0 Å². The Morgan fingerprint density at radius 2 is 2.00 bits per heavy atom. The van der Waals surface area contributed by atoms with Crippen molar-refractivity contribution in [2.45, 2.75) is 0 Å². The number of hydrazone groups is 1. The number of amides is 1. The summed E-state index contributed by atoms with van der Waals surface area (Å²) in [4.78, 5) is 17.8. The maximum absolute atomic E-state index is 11.9. The number of nitrogens with zero attached hydrogens (tertiary/aromatic N) is 3. The summed E-state index contributed by atoms with van der Waals surface area (Å²) in [6.45, 7) is 1.36. The zero-order chi connectivity index (χ0) is 18.1. The van der Waals surface area contributed by atoms with E-state index in [0.29, 0.717) is 41.0 Å². The average molecular weight is 400 g/mol. The van der Waals surface area contributed by atoms with Crippen LogP contribution in [0.25, 0.3) is 0 Å². The highest BCUT2D eigenvalue weighted by Gasteiger charge is 2.08. The summed E-state index contributed by atoms with van der Waals surface area (Å²) < 4.78 is 0. The fraction of sp³-hybridized carbons (Fsp3) is 0.235. The van der Waals surface area contributed by atoms with Crippen LogP contribution in [0.3, 0.4) is 0 Å². The second-order valence-electron chi connectivity index (χ2n) is 5.01. The summed E-state index contributed by atoms with van der Waals surface area (Å²) in [5.74, 6) is 0.656. The second-order valence-corrected chi connectivity index (χ2v) is 6.17. The minimum Gasteiger partial charge on any atom is -0.369 e. The van der Waals surface area contributed by atoms with Crippen molar-refractivity contribution < 1.29 is 4.79 Å². The molecule has 0 aliphatic carbocycles. The van der Waals surface area contributed by atoms with E-state index in [1.54, 1.807) is 18.3 Å². The first kappa shape index (κ1) is 19.5.